The Morgan fingerprint density at radius 1 is 0.714 bits per heavy atom. The lowest BCUT2D eigenvalue weighted by Gasteiger charge is -2.37. The van der Waals surface area contributed by atoms with Gasteiger partial charge in [0, 0.05) is 22.0 Å². The largest absolute Gasteiger partial charge is 0.351 e. The molecule has 9 rings (SSSR count). The van der Waals surface area contributed by atoms with Crippen molar-refractivity contribution in [1.29, 1.82) is 0 Å². The molecule has 3 heterocycles. The van der Waals surface area contributed by atoms with E-state index in [0.29, 0.717) is 11.3 Å². The number of para-hydroxylation sites is 2. The Balaban J connectivity index is 1.25. The van der Waals surface area contributed by atoms with Gasteiger partial charge in [0.2, 0.25) is 5.66 Å². The molecule has 2 amide bonds. The molecule has 0 unspecified atom stereocenters. The molecule has 0 aliphatic carbocycles. The Kier molecular flexibility index (Phi) is 8.47. The summed E-state index contributed by atoms with van der Waals surface area (Å²) in [7, 11) is 0. The first-order valence-electron chi connectivity index (χ1n) is 18.3. The van der Waals surface area contributed by atoms with E-state index in [4.69, 9.17) is 9.98 Å². The smallest absolute Gasteiger partial charge is 0.281 e. The number of rotatable bonds is 8. The summed E-state index contributed by atoms with van der Waals surface area (Å²) in [5.41, 5.74) is 2.42. The molecule has 6 aromatic carbocycles. The molecular weight excluding hydrogens is 700 g/mol. The summed E-state index contributed by atoms with van der Waals surface area (Å²) in [6.45, 7) is 1.54. The highest BCUT2D eigenvalue weighted by molar-refractivity contribution is 6.22. The van der Waals surface area contributed by atoms with Gasteiger partial charge in [-0.05, 0) is 53.9 Å². The van der Waals surface area contributed by atoms with Crippen molar-refractivity contribution in [2.45, 2.75) is 18.1 Å². The highest BCUT2D eigenvalue weighted by Gasteiger charge is 2.46. The minimum Gasteiger partial charge on any atom is -0.351 e. The van der Waals surface area contributed by atoms with Gasteiger partial charge in [0.15, 0.2) is 5.82 Å². The third-order valence-electron chi connectivity index (χ3n) is 10.4. The minimum absolute atomic E-state index is 0.183. The lowest BCUT2D eigenvalue weighted by atomic mass is 9.77. The van der Waals surface area contributed by atoms with Crippen LogP contribution in [-0.4, -0.2) is 37.7 Å². The molecule has 0 radical (unpaired) electrons. The van der Waals surface area contributed by atoms with E-state index >= 15 is 9.18 Å². The molecule has 2 N–H and O–H groups in total. The maximum Gasteiger partial charge on any atom is 0.281 e. The number of imidazole rings is 1. The van der Waals surface area contributed by atoms with Crippen LogP contribution in [0.4, 0.5) is 15.9 Å². The fourth-order valence-electron chi connectivity index (χ4n) is 7.78. The molecule has 1 aliphatic heterocycles. The van der Waals surface area contributed by atoms with Crippen LogP contribution < -0.4 is 10.2 Å². The Bertz CT molecular complexity index is 2630. The second-order valence-corrected chi connectivity index (χ2v) is 13.8. The number of benzodiazepines with no additional fused rings is 1. The summed E-state index contributed by atoms with van der Waals surface area (Å²) in [5, 5.41) is 3.76. The van der Waals surface area contributed by atoms with Crippen LogP contribution in [0.2, 0.25) is 0 Å². The molecule has 0 bridgehead atoms. The lowest BCUT2D eigenvalue weighted by molar-refractivity contribution is -0.123. The van der Waals surface area contributed by atoms with Crippen LogP contribution >= 0.6 is 0 Å². The Hall–Kier alpha value is -7.39. The van der Waals surface area contributed by atoms with Gasteiger partial charge in [0.05, 0.1) is 23.9 Å². The standard InChI is InChI=1S/C47H35FN6O2/c1-46(52-44(55)40-29-32-17-11-15-27-39(32)50-40)45(56)54(41-28-16-13-25-37(41)43(51-46)36-24-12-14-26-38(36)48)42-30-53(31-49-42)47(33-18-5-2-6-19-33,34-20-7-3-8-21-34)35-22-9-4-10-23-35/h2-31,50H,1H3,(H,52,55)/t46-/m1/s1. The molecule has 8 nitrogen and oxygen atoms in total. The van der Waals surface area contributed by atoms with Gasteiger partial charge in [0.25, 0.3) is 11.8 Å². The first-order chi connectivity index (χ1) is 27.4. The second kappa shape index (κ2) is 13.8. The van der Waals surface area contributed by atoms with Gasteiger partial charge in [-0.15, -0.1) is 0 Å². The number of anilines is 2. The number of carbonyl (C=O) groups is 2. The van der Waals surface area contributed by atoms with Crippen LogP contribution in [0.25, 0.3) is 10.9 Å². The van der Waals surface area contributed by atoms with Gasteiger partial charge in [-0.2, -0.15) is 0 Å². The van der Waals surface area contributed by atoms with Crippen LogP contribution in [0.3, 0.4) is 0 Å². The monoisotopic (exact) mass is 734 g/mol. The Labute approximate surface area is 322 Å². The predicted octanol–water partition coefficient (Wildman–Crippen LogP) is 9.01. The summed E-state index contributed by atoms with van der Waals surface area (Å²) in [6, 6.07) is 53.2. The molecule has 56 heavy (non-hydrogen) atoms. The number of aromatic nitrogens is 3. The second-order valence-electron chi connectivity index (χ2n) is 13.8. The molecule has 0 fully saturated rings. The van der Waals surface area contributed by atoms with E-state index in [9.17, 15) is 4.79 Å². The number of nitrogens with zero attached hydrogens (tertiary/aromatic N) is 4. The normalized spacial score (nSPS) is 15.6. The number of fused-ring (bicyclic) bond motifs is 2. The van der Waals surface area contributed by atoms with Crippen molar-refractivity contribution in [3.8, 4) is 0 Å². The van der Waals surface area contributed by atoms with Crippen molar-refractivity contribution in [2.24, 2.45) is 4.99 Å². The summed E-state index contributed by atoms with van der Waals surface area (Å²) in [4.78, 5) is 44.0. The molecule has 8 aromatic rings. The first kappa shape index (κ1) is 34.4. The van der Waals surface area contributed by atoms with Crippen LogP contribution in [0.15, 0.2) is 187 Å². The molecular formula is C47H35FN6O2. The van der Waals surface area contributed by atoms with Crippen LogP contribution in [0.1, 0.15) is 45.2 Å². The maximum atomic E-state index is 15.7. The van der Waals surface area contributed by atoms with E-state index in [0.717, 1.165) is 27.6 Å². The van der Waals surface area contributed by atoms with Gasteiger partial charge in [-0.25, -0.2) is 14.4 Å². The third-order valence-corrected chi connectivity index (χ3v) is 10.4. The number of carbonyl (C=O) groups excluding carboxylic acids is 2. The zero-order valence-electron chi connectivity index (χ0n) is 30.3. The number of halogens is 1. The molecule has 1 aliphatic rings. The Morgan fingerprint density at radius 2 is 1.27 bits per heavy atom. The van der Waals surface area contributed by atoms with E-state index in [1.807, 2.05) is 102 Å². The SMILES string of the molecule is C[C@]1(NC(=O)c2cc3ccccc3[nH]2)N=C(c2ccccc2F)c2ccccc2N(c2cn(C(c3ccccc3)(c3ccccc3)c3ccccc3)cn2)C1=O. The zero-order valence-corrected chi connectivity index (χ0v) is 30.3. The fraction of sp³-hybridized carbons (Fsp3) is 0.0638. The fourth-order valence-corrected chi connectivity index (χ4v) is 7.78. The van der Waals surface area contributed by atoms with Gasteiger partial charge in [-0.3, -0.25) is 14.5 Å². The van der Waals surface area contributed by atoms with Gasteiger partial charge in [-0.1, -0.05) is 140 Å². The van der Waals surface area contributed by atoms with E-state index in [2.05, 4.69) is 46.7 Å². The number of H-pyrrole nitrogens is 1. The number of aromatic amines is 1. The summed E-state index contributed by atoms with van der Waals surface area (Å²) >= 11 is 0. The number of hydrogen-bond donors (Lipinski definition) is 2. The highest BCUT2D eigenvalue weighted by atomic mass is 19.1. The average Bonchev–Trinajstić information content (AvgIpc) is 3.89. The summed E-state index contributed by atoms with van der Waals surface area (Å²) in [6.07, 6.45) is 3.57. The number of aliphatic imine (C=N–C) groups is 1. The molecule has 9 heteroatoms. The van der Waals surface area contributed by atoms with Gasteiger partial charge >= 0.3 is 0 Å². The molecule has 272 valence electrons. The number of hydrogen-bond acceptors (Lipinski definition) is 4. The van der Waals surface area contributed by atoms with Crippen LogP contribution in [-0.2, 0) is 10.3 Å². The summed E-state index contributed by atoms with van der Waals surface area (Å²) < 4.78 is 17.8. The number of benzene rings is 6. The van der Waals surface area contributed by atoms with Crippen LogP contribution in [0, 0.1) is 5.82 Å². The average molecular weight is 735 g/mol. The van der Waals surface area contributed by atoms with E-state index in [1.165, 1.54) is 17.9 Å². The van der Waals surface area contributed by atoms with E-state index < -0.39 is 28.8 Å². The topological polar surface area (TPSA) is 95.4 Å². The van der Waals surface area contributed by atoms with E-state index in [1.54, 1.807) is 42.7 Å². The highest BCUT2D eigenvalue weighted by Crippen LogP contribution is 2.43. The molecule has 0 spiro atoms. The minimum atomic E-state index is -1.93. The van der Waals surface area contributed by atoms with Gasteiger partial charge < -0.3 is 14.9 Å². The lowest BCUT2D eigenvalue weighted by Crippen LogP contribution is -2.55. The van der Waals surface area contributed by atoms with Crippen molar-refractivity contribution in [1.82, 2.24) is 19.9 Å². The summed E-state index contributed by atoms with van der Waals surface area (Å²) in [5.74, 6) is -1.38. The van der Waals surface area contributed by atoms with Crippen molar-refractivity contribution >= 4 is 39.9 Å². The maximum absolute atomic E-state index is 15.7. The van der Waals surface area contributed by atoms with Crippen LogP contribution in [0.5, 0.6) is 0 Å². The van der Waals surface area contributed by atoms with E-state index in [-0.39, 0.29) is 22.8 Å². The third kappa shape index (κ3) is 5.68. The Morgan fingerprint density at radius 3 is 1.89 bits per heavy atom. The first-order valence-corrected chi connectivity index (χ1v) is 18.3. The predicted molar refractivity (Wildman–Crippen MR) is 217 cm³/mol. The van der Waals surface area contributed by atoms with Crippen molar-refractivity contribution in [2.75, 3.05) is 4.90 Å². The molecule has 0 saturated heterocycles. The quantitative estimate of drug-likeness (QED) is 0.153. The van der Waals surface area contributed by atoms with Gasteiger partial charge in [0.1, 0.15) is 17.1 Å². The molecule has 2 aromatic heterocycles. The van der Waals surface area contributed by atoms with Crippen molar-refractivity contribution in [3.05, 3.63) is 222 Å². The van der Waals surface area contributed by atoms with Crippen molar-refractivity contribution in [3.63, 3.8) is 0 Å². The molecule has 1 atom stereocenters. The molecule has 0 saturated carbocycles. The number of nitrogens with one attached hydrogen (secondary N) is 2. The number of amides is 2. The van der Waals surface area contributed by atoms with Crippen molar-refractivity contribution < 1.29 is 14.0 Å². The zero-order chi connectivity index (χ0) is 38.3.